The number of aromatic amines is 1. The lowest BCUT2D eigenvalue weighted by Crippen LogP contribution is -2.63. The van der Waals surface area contributed by atoms with Crippen molar-refractivity contribution in [3.63, 3.8) is 0 Å². The number of amides is 2. The molecule has 2 aromatic carbocycles. The van der Waals surface area contributed by atoms with Gasteiger partial charge in [0.2, 0.25) is 11.8 Å². The molecule has 5 rings (SSSR count). The summed E-state index contributed by atoms with van der Waals surface area (Å²) in [4.78, 5) is 33.4. The molecule has 1 aromatic heterocycles. The summed E-state index contributed by atoms with van der Waals surface area (Å²) in [5.74, 6) is -0.139. The molecule has 0 aliphatic carbocycles. The lowest BCUT2D eigenvalue weighted by Gasteiger charge is -2.47. The van der Waals surface area contributed by atoms with Gasteiger partial charge in [0, 0.05) is 41.2 Å². The third kappa shape index (κ3) is 2.99. The summed E-state index contributed by atoms with van der Waals surface area (Å²) < 4.78 is 0. The number of nitrogens with one attached hydrogen (secondary N) is 1. The normalized spacial score (nSPS) is 21.1. The summed E-state index contributed by atoms with van der Waals surface area (Å²) in [6.07, 6.45) is 0.939. The van der Waals surface area contributed by atoms with Crippen LogP contribution in [0, 0.1) is 0 Å². The minimum Gasteiger partial charge on any atom is -0.396 e. The largest absolute Gasteiger partial charge is 0.396 e. The van der Waals surface area contributed by atoms with Gasteiger partial charge in [-0.05, 0) is 35.7 Å². The van der Waals surface area contributed by atoms with Gasteiger partial charge in [-0.2, -0.15) is 0 Å². The first-order chi connectivity index (χ1) is 14.6. The van der Waals surface area contributed by atoms with E-state index in [-0.39, 0.29) is 31.0 Å². The maximum atomic E-state index is 13.3. The predicted octanol–water partition coefficient (Wildman–Crippen LogP) is 2.89. The van der Waals surface area contributed by atoms with Gasteiger partial charge in [0.05, 0.1) is 12.6 Å². The van der Waals surface area contributed by atoms with Crippen LogP contribution >= 0.6 is 11.6 Å². The van der Waals surface area contributed by atoms with Gasteiger partial charge in [0.25, 0.3) is 0 Å². The average molecular weight is 424 g/mol. The number of rotatable bonds is 4. The zero-order chi connectivity index (χ0) is 20.8. The fraction of sp³-hybridized carbons (Fsp3) is 0.304. The third-order valence-electron chi connectivity index (χ3n) is 6.11. The number of aliphatic hydroxyl groups excluding tert-OH is 1. The molecule has 2 amide bonds. The summed E-state index contributed by atoms with van der Waals surface area (Å²) in [6.45, 7) is 0.416. The Balaban J connectivity index is 1.66. The number of para-hydroxylation sites is 1. The lowest BCUT2D eigenvalue weighted by atomic mass is 9.86. The standard InChI is InChI=1S/C23H22ClN3O3/c24-15-8-6-14(7-9-15)22-21-17(16-4-1-2-5-18(16)25-21)12-19-23(30)26(10-3-11-28)13-20(29)27(19)22/h1-2,4-9,19,22,25,28H,3,10-13H2/t19-,22+/m1/s1. The van der Waals surface area contributed by atoms with Crippen LogP contribution in [-0.4, -0.2) is 57.4 Å². The van der Waals surface area contributed by atoms with Crippen LogP contribution < -0.4 is 0 Å². The number of piperazine rings is 1. The first-order valence-electron chi connectivity index (χ1n) is 10.1. The molecule has 154 valence electrons. The number of aliphatic hydroxyl groups is 1. The molecular formula is C23H22ClN3O3. The van der Waals surface area contributed by atoms with E-state index in [4.69, 9.17) is 16.7 Å². The molecule has 0 unspecified atom stereocenters. The van der Waals surface area contributed by atoms with Crippen LogP contribution in [0.15, 0.2) is 48.5 Å². The van der Waals surface area contributed by atoms with Crippen LogP contribution in [0.25, 0.3) is 10.9 Å². The van der Waals surface area contributed by atoms with Crippen LogP contribution in [0.3, 0.4) is 0 Å². The number of carbonyl (C=O) groups excluding carboxylic acids is 2. The van der Waals surface area contributed by atoms with Crippen molar-refractivity contribution in [1.82, 2.24) is 14.8 Å². The summed E-state index contributed by atoms with van der Waals surface area (Å²) in [7, 11) is 0. The van der Waals surface area contributed by atoms with E-state index < -0.39 is 6.04 Å². The van der Waals surface area contributed by atoms with Crippen molar-refractivity contribution >= 4 is 34.3 Å². The Morgan fingerprint density at radius 2 is 1.87 bits per heavy atom. The molecule has 3 aromatic rings. The van der Waals surface area contributed by atoms with Crippen LogP contribution in [0.1, 0.15) is 29.3 Å². The van der Waals surface area contributed by atoms with Crippen molar-refractivity contribution in [3.8, 4) is 0 Å². The highest BCUT2D eigenvalue weighted by Crippen LogP contribution is 2.42. The Morgan fingerprint density at radius 3 is 2.63 bits per heavy atom. The number of carbonyl (C=O) groups is 2. The van der Waals surface area contributed by atoms with E-state index in [1.807, 2.05) is 42.5 Å². The highest BCUT2D eigenvalue weighted by molar-refractivity contribution is 6.30. The smallest absolute Gasteiger partial charge is 0.246 e. The van der Waals surface area contributed by atoms with Gasteiger partial charge in [0.1, 0.15) is 6.04 Å². The fourth-order valence-electron chi connectivity index (χ4n) is 4.77. The van der Waals surface area contributed by atoms with E-state index in [0.29, 0.717) is 24.4 Å². The summed E-state index contributed by atoms with van der Waals surface area (Å²) in [5.41, 5.74) is 3.96. The Morgan fingerprint density at radius 1 is 1.10 bits per heavy atom. The second-order valence-electron chi connectivity index (χ2n) is 7.87. The number of fused-ring (bicyclic) bond motifs is 4. The van der Waals surface area contributed by atoms with E-state index in [1.54, 1.807) is 9.80 Å². The van der Waals surface area contributed by atoms with Gasteiger partial charge >= 0.3 is 0 Å². The molecule has 0 saturated carbocycles. The van der Waals surface area contributed by atoms with E-state index in [9.17, 15) is 9.59 Å². The van der Waals surface area contributed by atoms with Crippen molar-refractivity contribution < 1.29 is 14.7 Å². The van der Waals surface area contributed by atoms with Crippen molar-refractivity contribution in [2.24, 2.45) is 0 Å². The fourth-order valence-corrected chi connectivity index (χ4v) is 4.89. The molecule has 2 atom stereocenters. The van der Waals surface area contributed by atoms with Gasteiger partial charge in [0.15, 0.2) is 0 Å². The molecule has 1 fully saturated rings. The number of nitrogens with zero attached hydrogens (tertiary/aromatic N) is 2. The Kier molecular flexibility index (Phi) is 4.76. The van der Waals surface area contributed by atoms with Gasteiger partial charge in [-0.15, -0.1) is 0 Å². The molecule has 0 radical (unpaired) electrons. The first kappa shape index (κ1) is 19.2. The monoisotopic (exact) mass is 423 g/mol. The number of hydrogen-bond donors (Lipinski definition) is 2. The highest BCUT2D eigenvalue weighted by atomic mass is 35.5. The lowest BCUT2D eigenvalue weighted by molar-refractivity contribution is -0.158. The molecule has 30 heavy (non-hydrogen) atoms. The summed E-state index contributed by atoms with van der Waals surface area (Å²) >= 11 is 6.10. The second-order valence-corrected chi connectivity index (χ2v) is 8.31. The minimum absolute atomic E-state index is 0.00759. The molecule has 0 bridgehead atoms. The quantitative estimate of drug-likeness (QED) is 0.677. The Hall–Kier alpha value is -2.83. The number of hydrogen-bond acceptors (Lipinski definition) is 3. The van der Waals surface area contributed by atoms with E-state index in [0.717, 1.165) is 27.7 Å². The van der Waals surface area contributed by atoms with Gasteiger partial charge in [-0.1, -0.05) is 41.9 Å². The van der Waals surface area contributed by atoms with E-state index in [2.05, 4.69) is 11.1 Å². The zero-order valence-corrected chi connectivity index (χ0v) is 17.1. The van der Waals surface area contributed by atoms with Crippen molar-refractivity contribution in [2.75, 3.05) is 19.7 Å². The summed E-state index contributed by atoms with van der Waals surface area (Å²) in [5, 5.41) is 10.9. The van der Waals surface area contributed by atoms with Crippen LogP contribution in [-0.2, 0) is 16.0 Å². The molecular weight excluding hydrogens is 402 g/mol. The zero-order valence-electron chi connectivity index (χ0n) is 16.3. The molecule has 2 aliphatic heterocycles. The van der Waals surface area contributed by atoms with Crippen molar-refractivity contribution in [2.45, 2.75) is 24.9 Å². The first-order valence-corrected chi connectivity index (χ1v) is 10.5. The minimum atomic E-state index is -0.558. The average Bonchev–Trinajstić information content (AvgIpc) is 3.13. The SMILES string of the molecule is O=C1[C@H]2Cc3c([nH]c4ccccc34)[C@H](c3ccc(Cl)cc3)N2C(=O)CN1CCCO. The molecule has 2 N–H and O–H groups in total. The molecule has 1 saturated heterocycles. The molecule has 6 nitrogen and oxygen atoms in total. The highest BCUT2D eigenvalue weighted by Gasteiger charge is 2.47. The Bertz CT molecular complexity index is 1120. The van der Waals surface area contributed by atoms with Crippen LogP contribution in [0.5, 0.6) is 0 Å². The third-order valence-corrected chi connectivity index (χ3v) is 6.37. The number of halogens is 1. The van der Waals surface area contributed by atoms with Gasteiger partial charge in [-0.25, -0.2) is 0 Å². The topological polar surface area (TPSA) is 76.6 Å². The maximum absolute atomic E-state index is 13.3. The van der Waals surface area contributed by atoms with Crippen LogP contribution in [0.2, 0.25) is 5.02 Å². The number of benzene rings is 2. The van der Waals surface area contributed by atoms with Gasteiger partial charge in [-0.3, -0.25) is 9.59 Å². The molecule has 7 heteroatoms. The second kappa shape index (κ2) is 7.45. The number of H-pyrrole nitrogens is 1. The maximum Gasteiger partial charge on any atom is 0.246 e. The molecule has 3 heterocycles. The van der Waals surface area contributed by atoms with Crippen molar-refractivity contribution in [3.05, 3.63) is 70.4 Å². The summed E-state index contributed by atoms with van der Waals surface area (Å²) in [6, 6.07) is 14.6. The number of aromatic nitrogens is 1. The van der Waals surface area contributed by atoms with Gasteiger partial charge < -0.3 is 19.9 Å². The molecule has 2 aliphatic rings. The van der Waals surface area contributed by atoms with E-state index in [1.165, 1.54) is 0 Å². The van der Waals surface area contributed by atoms with E-state index >= 15 is 0 Å². The predicted molar refractivity (Wildman–Crippen MR) is 114 cm³/mol. The molecule has 0 spiro atoms. The van der Waals surface area contributed by atoms with Crippen molar-refractivity contribution in [1.29, 1.82) is 0 Å². The van der Waals surface area contributed by atoms with Crippen LogP contribution in [0.4, 0.5) is 0 Å². The Labute approximate surface area is 179 Å².